The molecule has 1 unspecified atom stereocenters. The van der Waals surface area contributed by atoms with Crippen molar-refractivity contribution in [1.82, 2.24) is 29.7 Å². The van der Waals surface area contributed by atoms with Gasteiger partial charge in [0, 0.05) is 49.2 Å². The number of nitrogens with one attached hydrogen (secondary N) is 2. The van der Waals surface area contributed by atoms with Gasteiger partial charge in [0.1, 0.15) is 0 Å². The van der Waals surface area contributed by atoms with Crippen molar-refractivity contribution in [2.24, 2.45) is 0 Å². The van der Waals surface area contributed by atoms with Crippen LogP contribution in [0.3, 0.4) is 0 Å². The van der Waals surface area contributed by atoms with Crippen molar-refractivity contribution in [2.75, 3.05) is 44.6 Å². The van der Waals surface area contributed by atoms with E-state index in [4.69, 9.17) is 9.72 Å². The Morgan fingerprint density at radius 1 is 1.10 bits per heavy atom. The highest BCUT2D eigenvalue weighted by atomic mass is 16.6. The van der Waals surface area contributed by atoms with E-state index in [1.165, 1.54) is 6.42 Å². The van der Waals surface area contributed by atoms with Crippen molar-refractivity contribution >= 4 is 34.9 Å². The molecule has 3 aliphatic heterocycles. The predicted molar refractivity (Wildman–Crippen MR) is 154 cm³/mol. The minimum absolute atomic E-state index is 0.0481. The lowest BCUT2D eigenvalue weighted by Crippen LogP contribution is -2.61. The van der Waals surface area contributed by atoms with E-state index >= 15 is 0 Å². The molecule has 0 radical (unpaired) electrons. The SMILES string of the molecule is CCOC(=O)N1CC=C(c2cccn3nc(Nc4ccc(C(=O)N5CCCCC56CCCNC6)cc4)nc23)CC1. The van der Waals surface area contributed by atoms with Crippen molar-refractivity contribution in [3.8, 4) is 0 Å². The number of carbonyl (C=O) groups is 2. The smallest absolute Gasteiger partial charge is 0.410 e. The number of hydrogen-bond acceptors (Lipinski definition) is 7. The molecule has 10 heteroatoms. The van der Waals surface area contributed by atoms with Gasteiger partial charge in [-0.2, -0.15) is 4.98 Å². The van der Waals surface area contributed by atoms with Crippen LogP contribution in [0.2, 0.25) is 0 Å². The molecule has 2 N–H and O–H groups in total. The standard InChI is InChI=1S/C30H37N7O3/c1-2-40-29(39)35-19-12-22(13-20-35)25-7-5-18-37-26(25)33-28(34-37)32-24-10-8-23(9-11-24)27(38)36-17-4-3-14-30(36)15-6-16-31-21-30/h5,7-12,18,31H,2-4,6,13-17,19-21H2,1H3,(H,32,34). The molecule has 6 rings (SSSR count). The van der Waals surface area contributed by atoms with Gasteiger partial charge in [0.15, 0.2) is 5.65 Å². The van der Waals surface area contributed by atoms with E-state index in [1.54, 1.807) is 9.42 Å². The van der Waals surface area contributed by atoms with E-state index in [-0.39, 0.29) is 17.5 Å². The molecular weight excluding hydrogens is 506 g/mol. The van der Waals surface area contributed by atoms with Crippen molar-refractivity contribution in [2.45, 2.75) is 51.0 Å². The fourth-order valence-corrected chi connectivity index (χ4v) is 6.29. The van der Waals surface area contributed by atoms with Gasteiger partial charge in [-0.15, -0.1) is 5.10 Å². The topological polar surface area (TPSA) is 104 Å². The lowest BCUT2D eigenvalue weighted by Gasteiger charge is -2.49. The Hall–Kier alpha value is -3.92. The molecule has 1 spiro atoms. The van der Waals surface area contributed by atoms with Gasteiger partial charge in [-0.05, 0) is 94.0 Å². The van der Waals surface area contributed by atoms with Gasteiger partial charge in [0.05, 0.1) is 12.1 Å². The van der Waals surface area contributed by atoms with Crippen LogP contribution in [0.4, 0.5) is 16.4 Å². The lowest BCUT2D eigenvalue weighted by atomic mass is 9.80. The van der Waals surface area contributed by atoms with E-state index in [2.05, 4.69) is 26.7 Å². The summed E-state index contributed by atoms with van der Waals surface area (Å²) < 4.78 is 6.90. The molecule has 210 valence electrons. The van der Waals surface area contributed by atoms with Crippen LogP contribution in [0.25, 0.3) is 11.2 Å². The van der Waals surface area contributed by atoms with E-state index in [0.717, 1.165) is 74.2 Å². The number of ether oxygens (including phenoxy) is 1. The average molecular weight is 544 g/mol. The Balaban J connectivity index is 1.16. The van der Waals surface area contributed by atoms with E-state index < -0.39 is 0 Å². The first-order valence-corrected chi connectivity index (χ1v) is 14.4. The van der Waals surface area contributed by atoms with Crippen molar-refractivity contribution in [3.63, 3.8) is 0 Å². The summed E-state index contributed by atoms with van der Waals surface area (Å²) in [6.45, 7) is 6.05. The van der Waals surface area contributed by atoms with Crippen LogP contribution in [-0.4, -0.2) is 81.3 Å². The molecule has 0 bridgehead atoms. The highest BCUT2D eigenvalue weighted by molar-refractivity contribution is 5.95. The Morgan fingerprint density at radius 3 is 2.70 bits per heavy atom. The lowest BCUT2D eigenvalue weighted by molar-refractivity contribution is 0.0211. The zero-order valence-electron chi connectivity index (χ0n) is 23.1. The number of anilines is 2. The fourth-order valence-electron chi connectivity index (χ4n) is 6.29. The van der Waals surface area contributed by atoms with Crippen LogP contribution in [0.5, 0.6) is 0 Å². The van der Waals surface area contributed by atoms with Crippen LogP contribution >= 0.6 is 0 Å². The fraction of sp³-hybridized carbons (Fsp3) is 0.467. The molecule has 3 aromatic rings. The second-order valence-corrected chi connectivity index (χ2v) is 10.9. The highest BCUT2D eigenvalue weighted by Gasteiger charge is 2.42. The summed E-state index contributed by atoms with van der Waals surface area (Å²) in [5.74, 6) is 0.604. The molecule has 1 aromatic carbocycles. The number of benzene rings is 1. The minimum Gasteiger partial charge on any atom is -0.450 e. The van der Waals surface area contributed by atoms with Crippen LogP contribution < -0.4 is 10.6 Å². The molecular formula is C30H37N7O3. The Bertz CT molecular complexity index is 1400. The molecule has 0 aliphatic carbocycles. The number of carbonyl (C=O) groups excluding carboxylic acids is 2. The summed E-state index contributed by atoms with van der Waals surface area (Å²) in [5, 5.41) is 11.4. The number of hydrogen-bond donors (Lipinski definition) is 2. The molecule has 3 aliphatic rings. The van der Waals surface area contributed by atoms with Gasteiger partial charge in [0.2, 0.25) is 5.95 Å². The Labute approximate surface area is 234 Å². The maximum atomic E-state index is 13.6. The van der Waals surface area contributed by atoms with Gasteiger partial charge in [-0.25, -0.2) is 9.31 Å². The number of fused-ring (bicyclic) bond motifs is 1. The van der Waals surface area contributed by atoms with Crippen LogP contribution in [0, 0.1) is 0 Å². The van der Waals surface area contributed by atoms with E-state index in [0.29, 0.717) is 31.2 Å². The number of nitrogens with zero attached hydrogens (tertiary/aromatic N) is 5. The number of amides is 2. The zero-order chi connectivity index (χ0) is 27.5. The molecule has 1 atom stereocenters. The second kappa shape index (κ2) is 11.3. The first-order valence-electron chi connectivity index (χ1n) is 14.4. The highest BCUT2D eigenvalue weighted by Crippen LogP contribution is 2.35. The summed E-state index contributed by atoms with van der Waals surface area (Å²) in [6.07, 6.45) is 9.90. The second-order valence-electron chi connectivity index (χ2n) is 10.9. The first-order chi connectivity index (χ1) is 19.6. The van der Waals surface area contributed by atoms with Gasteiger partial charge in [0.25, 0.3) is 5.91 Å². The molecule has 2 aromatic heterocycles. The number of rotatable bonds is 5. The van der Waals surface area contributed by atoms with Crippen molar-refractivity contribution in [3.05, 3.63) is 59.8 Å². The van der Waals surface area contributed by atoms with Gasteiger partial charge in [-0.3, -0.25) is 4.79 Å². The van der Waals surface area contributed by atoms with Gasteiger partial charge < -0.3 is 25.2 Å². The zero-order valence-corrected chi connectivity index (χ0v) is 23.1. The number of likely N-dealkylation sites (tertiary alicyclic amines) is 1. The van der Waals surface area contributed by atoms with Crippen LogP contribution in [0.1, 0.15) is 61.4 Å². The molecule has 40 heavy (non-hydrogen) atoms. The number of piperidine rings is 2. The molecule has 5 heterocycles. The van der Waals surface area contributed by atoms with E-state index in [9.17, 15) is 9.59 Å². The monoisotopic (exact) mass is 543 g/mol. The maximum absolute atomic E-state index is 13.6. The molecule has 2 amide bonds. The van der Waals surface area contributed by atoms with Crippen LogP contribution in [0.15, 0.2) is 48.7 Å². The molecule has 2 saturated heterocycles. The molecule has 10 nitrogen and oxygen atoms in total. The van der Waals surface area contributed by atoms with Crippen LogP contribution in [-0.2, 0) is 4.74 Å². The minimum atomic E-state index is -0.279. The van der Waals surface area contributed by atoms with Gasteiger partial charge in [-0.1, -0.05) is 6.08 Å². The number of pyridine rings is 1. The largest absolute Gasteiger partial charge is 0.450 e. The average Bonchev–Trinajstić information content (AvgIpc) is 3.41. The third kappa shape index (κ3) is 5.15. The summed E-state index contributed by atoms with van der Waals surface area (Å²) in [5.41, 5.74) is 4.38. The third-order valence-electron chi connectivity index (χ3n) is 8.37. The Kier molecular flexibility index (Phi) is 7.42. The van der Waals surface area contributed by atoms with Crippen molar-refractivity contribution in [1.29, 1.82) is 0 Å². The normalized spacial score (nSPS) is 21.4. The summed E-state index contributed by atoms with van der Waals surface area (Å²) in [7, 11) is 0. The maximum Gasteiger partial charge on any atom is 0.410 e. The number of aromatic nitrogens is 3. The summed E-state index contributed by atoms with van der Waals surface area (Å²) in [4.78, 5) is 34.2. The first kappa shape index (κ1) is 26.3. The van der Waals surface area contributed by atoms with Gasteiger partial charge >= 0.3 is 6.09 Å². The van der Waals surface area contributed by atoms with E-state index in [1.807, 2.05) is 49.5 Å². The molecule has 0 saturated carbocycles. The summed E-state index contributed by atoms with van der Waals surface area (Å²) >= 11 is 0. The predicted octanol–water partition coefficient (Wildman–Crippen LogP) is 4.47. The third-order valence-corrected chi connectivity index (χ3v) is 8.37. The summed E-state index contributed by atoms with van der Waals surface area (Å²) in [6, 6.07) is 11.6. The molecule has 2 fully saturated rings. The van der Waals surface area contributed by atoms with Crippen molar-refractivity contribution < 1.29 is 14.3 Å². The Morgan fingerprint density at radius 2 is 1.95 bits per heavy atom. The quantitative estimate of drug-likeness (QED) is 0.489.